The minimum atomic E-state index is -0.783. The SMILES string of the molecule is CCS(=O)c1ccc2c(c1)CCC2. The molecular weight excluding hydrogens is 180 g/mol. The molecule has 0 aliphatic heterocycles. The zero-order valence-corrected chi connectivity index (χ0v) is 8.69. The summed E-state index contributed by atoms with van der Waals surface area (Å²) in [5.41, 5.74) is 2.87. The van der Waals surface area contributed by atoms with E-state index in [-0.39, 0.29) is 0 Å². The summed E-state index contributed by atoms with van der Waals surface area (Å²) in [4.78, 5) is 1.00. The van der Waals surface area contributed by atoms with Gasteiger partial charge in [-0.05, 0) is 42.5 Å². The van der Waals surface area contributed by atoms with Crippen LogP contribution in [0.15, 0.2) is 23.1 Å². The van der Waals surface area contributed by atoms with E-state index in [0.717, 1.165) is 10.6 Å². The number of benzene rings is 1. The first kappa shape index (κ1) is 8.95. The van der Waals surface area contributed by atoms with E-state index in [0.29, 0.717) is 0 Å². The Morgan fingerprint density at radius 1 is 1.31 bits per heavy atom. The van der Waals surface area contributed by atoms with E-state index in [2.05, 4.69) is 12.1 Å². The Bertz CT molecular complexity index is 344. The lowest BCUT2D eigenvalue weighted by molar-refractivity contribution is 0.684. The highest BCUT2D eigenvalue weighted by molar-refractivity contribution is 7.85. The van der Waals surface area contributed by atoms with Gasteiger partial charge in [0.25, 0.3) is 0 Å². The van der Waals surface area contributed by atoms with Gasteiger partial charge in [-0.25, -0.2) is 0 Å². The van der Waals surface area contributed by atoms with Crippen LogP contribution >= 0.6 is 0 Å². The summed E-state index contributed by atoms with van der Waals surface area (Å²) >= 11 is 0. The van der Waals surface area contributed by atoms with Gasteiger partial charge in [0.2, 0.25) is 0 Å². The van der Waals surface area contributed by atoms with Crippen LogP contribution < -0.4 is 0 Å². The third-order valence-corrected chi connectivity index (χ3v) is 3.90. The van der Waals surface area contributed by atoms with Gasteiger partial charge in [-0.1, -0.05) is 13.0 Å². The molecule has 1 atom stereocenters. The van der Waals surface area contributed by atoms with Gasteiger partial charge in [0.05, 0.1) is 10.8 Å². The molecular formula is C11H14OS. The van der Waals surface area contributed by atoms with E-state index in [1.54, 1.807) is 0 Å². The Morgan fingerprint density at radius 2 is 2.08 bits per heavy atom. The topological polar surface area (TPSA) is 17.1 Å². The molecule has 0 saturated heterocycles. The molecule has 1 aromatic rings. The fourth-order valence-corrected chi connectivity index (χ4v) is 2.68. The second kappa shape index (κ2) is 3.62. The number of aryl methyl sites for hydroxylation is 2. The third kappa shape index (κ3) is 1.68. The predicted molar refractivity (Wildman–Crippen MR) is 55.4 cm³/mol. The highest BCUT2D eigenvalue weighted by Gasteiger charge is 2.12. The van der Waals surface area contributed by atoms with Crippen molar-refractivity contribution in [2.24, 2.45) is 0 Å². The Kier molecular flexibility index (Phi) is 2.49. The van der Waals surface area contributed by atoms with Crippen molar-refractivity contribution >= 4 is 10.8 Å². The molecule has 0 aromatic heterocycles. The van der Waals surface area contributed by atoms with Crippen molar-refractivity contribution in [3.8, 4) is 0 Å². The molecule has 70 valence electrons. The van der Waals surface area contributed by atoms with E-state index in [4.69, 9.17) is 0 Å². The van der Waals surface area contributed by atoms with Crippen molar-refractivity contribution in [1.82, 2.24) is 0 Å². The van der Waals surface area contributed by atoms with Crippen molar-refractivity contribution in [2.75, 3.05) is 5.75 Å². The molecule has 1 unspecified atom stereocenters. The van der Waals surface area contributed by atoms with Crippen molar-refractivity contribution < 1.29 is 4.21 Å². The molecule has 1 aliphatic carbocycles. The first-order chi connectivity index (χ1) is 6.31. The van der Waals surface area contributed by atoms with E-state index < -0.39 is 10.8 Å². The van der Waals surface area contributed by atoms with Crippen LogP contribution in [0.3, 0.4) is 0 Å². The number of rotatable bonds is 2. The second-order valence-electron chi connectivity index (χ2n) is 3.42. The molecule has 0 N–H and O–H groups in total. The van der Waals surface area contributed by atoms with Crippen LogP contribution in [0.1, 0.15) is 24.5 Å². The molecule has 0 radical (unpaired) electrons. The molecule has 0 bridgehead atoms. The number of hydrogen-bond acceptors (Lipinski definition) is 1. The van der Waals surface area contributed by atoms with Crippen LogP contribution in [0.4, 0.5) is 0 Å². The third-order valence-electron chi connectivity index (χ3n) is 2.60. The lowest BCUT2D eigenvalue weighted by atomic mass is 10.1. The highest BCUT2D eigenvalue weighted by atomic mass is 32.2. The minimum Gasteiger partial charge on any atom is -0.254 e. The van der Waals surface area contributed by atoms with Crippen molar-refractivity contribution in [3.63, 3.8) is 0 Å². The molecule has 0 saturated carbocycles. The van der Waals surface area contributed by atoms with E-state index in [9.17, 15) is 4.21 Å². The van der Waals surface area contributed by atoms with Crippen molar-refractivity contribution in [3.05, 3.63) is 29.3 Å². The van der Waals surface area contributed by atoms with Gasteiger partial charge in [0, 0.05) is 10.6 Å². The molecule has 13 heavy (non-hydrogen) atoms. The van der Waals surface area contributed by atoms with Crippen LogP contribution in [0, 0.1) is 0 Å². The molecule has 1 aromatic carbocycles. The largest absolute Gasteiger partial charge is 0.254 e. The summed E-state index contributed by atoms with van der Waals surface area (Å²) in [7, 11) is -0.783. The quantitative estimate of drug-likeness (QED) is 0.706. The zero-order chi connectivity index (χ0) is 9.26. The first-order valence-electron chi connectivity index (χ1n) is 4.81. The van der Waals surface area contributed by atoms with Crippen LogP contribution in [-0.2, 0) is 23.6 Å². The smallest absolute Gasteiger partial charge is 0.0526 e. The van der Waals surface area contributed by atoms with Crippen LogP contribution in [0.2, 0.25) is 0 Å². The van der Waals surface area contributed by atoms with E-state index in [1.807, 2.05) is 13.0 Å². The van der Waals surface area contributed by atoms with Crippen LogP contribution in [0.5, 0.6) is 0 Å². The first-order valence-corrected chi connectivity index (χ1v) is 6.13. The molecule has 0 spiro atoms. The lowest BCUT2D eigenvalue weighted by Gasteiger charge is -2.02. The molecule has 1 aliphatic rings. The summed E-state index contributed by atoms with van der Waals surface area (Å²) in [6.07, 6.45) is 3.63. The summed E-state index contributed by atoms with van der Waals surface area (Å²) in [5.74, 6) is 0.721. The van der Waals surface area contributed by atoms with E-state index in [1.165, 1.54) is 30.4 Å². The van der Waals surface area contributed by atoms with Gasteiger partial charge < -0.3 is 0 Å². The molecule has 0 fully saturated rings. The number of fused-ring (bicyclic) bond motifs is 1. The second-order valence-corrected chi connectivity index (χ2v) is 5.16. The molecule has 1 nitrogen and oxygen atoms in total. The van der Waals surface area contributed by atoms with Crippen LogP contribution in [0.25, 0.3) is 0 Å². The highest BCUT2D eigenvalue weighted by Crippen LogP contribution is 2.23. The molecule has 0 amide bonds. The lowest BCUT2D eigenvalue weighted by Crippen LogP contribution is -1.95. The fraction of sp³-hybridized carbons (Fsp3) is 0.455. The Balaban J connectivity index is 2.36. The zero-order valence-electron chi connectivity index (χ0n) is 7.88. The summed E-state index contributed by atoms with van der Waals surface area (Å²) < 4.78 is 11.5. The Hall–Kier alpha value is -0.630. The maximum Gasteiger partial charge on any atom is 0.0526 e. The fourth-order valence-electron chi connectivity index (χ4n) is 1.86. The standard InChI is InChI=1S/C11H14OS/c1-2-13(12)11-7-6-9-4-3-5-10(9)8-11/h6-8H,2-5H2,1H3. The van der Waals surface area contributed by atoms with Crippen molar-refractivity contribution in [2.45, 2.75) is 31.1 Å². The Morgan fingerprint density at radius 3 is 2.85 bits per heavy atom. The normalized spacial score (nSPS) is 17.0. The maximum atomic E-state index is 11.5. The average molecular weight is 194 g/mol. The van der Waals surface area contributed by atoms with E-state index >= 15 is 0 Å². The monoisotopic (exact) mass is 194 g/mol. The van der Waals surface area contributed by atoms with Gasteiger partial charge in [0.1, 0.15) is 0 Å². The van der Waals surface area contributed by atoms with Gasteiger partial charge in [0.15, 0.2) is 0 Å². The Labute approximate surface area is 81.6 Å². The summed E-state index contributed by atoms with van der Waals surface area (Å²) in [6.45, 7) is 1.96. The van der Waals surface area contributed by atoms with Crippen LogP contribution in [-0.4, -0.2) is 9.96 Å². The summed E-state index contributed by atoms with van der Waals surface area (Å²) in [6, 6.07) is 6.29. The average Bonchev–Trinajstić information content (AvgIpc) is 2.63. The minimum absolute atomic E-state index is 0.721. The predicted octanol–water partition coefficient (Wildman–Crippen LogP) is 2.30. The number of hydrogen-bond donors (Lipinski definition) is 0. The summed E-state index contributed by atoms with van der Waals surface area (Å²) in [5, 5.41) is 0. The van der Waals surface area contributed by atoms with Crippen molar-refractivity contribution in [1.29, 1.82) is 0 Å². The maximum absolute atomic E-state index is 11.5. The van der Waals surface area contributed by atoms with Gasteiger partial charge in [-0.15, -0.1) is 0 Å². The molecule has 0 heterocycles. The molecule has 2 heteroatoms. The van der Waals surface area contributed by atoms with Gasteiger partial charge >= 0.3 is 0 Å². The van der Waals surface area contributed by atoms with Gasteiger partial charge in [-0.2, -0.15) is 0 Å². The molecule has 2 rings (SSSR count). The van der Waals surface area contributed by atoms with Gasteiger partial charge in [-0.3, -0.25) is 4.21 Å².